The Morgan fingerprint density at radius 3 is 1.29 bits per heavy atom. The second-order valence-electron chi connectivity index (χ2n) is 15.7. The lowest BCUT2D eigenvalue weighted by Crippen LogP contribution is -2.10. The third-order valence-electron chi connectivity index (χ3n) is 12.0. The van der Waals surface area contributed by atoms with Crippen LogP contribution in [0.2, 0.25) is 0 Å². The maximum atomic E-state index is 6.85. The van der Waals surface area contributed by atoms with Crippen LogP contribution in [-0.2, 0) is 0 Å². The van der Waals surface area contributed by atoms with Gasteiger partial charge in [-0.15, -0.1) is 0 Å². The zero-order valence-electron chi connectivity index (χ0n) is 33.7. The highest BCUT2D eigenvalue weighted by molar-refractivity contribution is 6.23. The first-order valence-corrected chi connectivity index (χ1v) is 21.0. The van der Waals surface area contributed by atoms with E-state index in [1.807, 2.05) is 12.1 Å². The highest BCUT2D eigenvalue weighted by atomic mass is 16.3. The third kappa shape index (κ3) is 6.08. The standard InChI is InChI=1S/C58H38N2O2/c1-4-14-39(15-5-1)41-24-28-44(29-25-41)59(45-30-26-42(27-31-45)40-16-6-2-7-17-40)46-32-35-56-52(37-46)58-50-22-11-10-20-48(50)53(38-57(58)62-56)60(43-18-8-3-9-19-43)47-33-34-55-51(36-47)49-21-12-13-23-54(49)61-55/h1-38H. The van der Waals surface area contributed by atoms with Crippen molar-refractivity contribution in [3.05, 3.63) is 231 Å². The van der Waals surface area contributed by atoms with Gasteiger partial charge in [0.25, 0.3) is 0 Å². The average molecular weight is 795 g/mol. The fourth-order valence-corrected chi connectivity index (χ4v) is 9.11. The van der Waals surface area contributed by atoms with Crippen molar-refractivity contribution in [2.45, 2.75) is 0 Å². The molecule has 0 aliphatic carbocycles. The highest BCUT2D eigenvalue weighted by Crippen LogP contribution is 2.47. The van der Waals surface area contributed by atoms with E-state index in [4.69, 9.17) is 8.83 Å². The fraction of sp³-hybridized carbons (Fsp3) is 0. The van der Waals surface area contributed by atoms with Crippen LogP contribution in [0.4, 0.5) is 34.1 Å². The van der Waals surface area contributed by atoms with Crippen LogP contribution in [0.3, 0.4) is 0 Å². The van der Waals surface area contributed by atoms with Gasteiger partial charge in [0, 0.05) is 61.4 Å². The predicted octanol–water partition coefficient (Wildman–Crippen LogP) is 16.9. The SMILES string of the molecule is c1ccc(-c2ccc(N(c3ccc(-c4ccccc4)cc3)c3ccc4oc5cc(N(c6ccccc6)c6ccc7oc8ccccc8c7c6)c6ccccc6c5c4c3)cc2)cc1. The molecule has 0 saturated carbocycles. The number of hydrogen-bond acceptors (Lipinski definition) is 4. The zero-order chi connectivity index (χ0) is 41.0. The van der Waals surface area contributed by atoms with Crippen LogP contribution in [0.15, 0.2) is 239 Å². The van der Waals surface area contributed by atoms with E-state index < -0.39 is 0 Å². The molecule has 0 atom stereocenters. The van der Waals surface area contributed by atoms with Gasteiger partial charge in [-0.1, -0.05) is 146 Å². The molecular weight excluding hydrogens is 757 g/mol. The summed E-state index contributed by atoms with van der Waals surface area (Å²) in [7, 11) is 0. The van der Waals surface area contributed by atoms with E-state index in [1.54, 1.807) is 0 Å². The summed E-state index contributed by atoms with van der Waals surface area (Å²) in [6.45, 7) is 0. The summed E-state index contributed by atoms with van der Waals surface area (Å²) in [6, 6.07) is 81.6. The summed E-state index contributed by atoms with van der Waals surface area (Å²) < 4.78 is 13.1. The Hall–Kier alpha value is -8.34. The Morgan fingerprint density at radius 1 is 0.242 bits per heavy atom. The molecule has 0 fully saturated rings. The summed E-state index contributed by atoms with van der Waals surface area (Å²) in [6.07, 6.45) is 0. The minimum Gasteiger partial charge on any atom is -0.456 e. The average Bonchev–Trinajstić information content (AvgIpc) is 3.91. The van der Waals surface area contributed by atoms with Gasteiger partial charge in [-0.3, -0.25) is 0 Å². The van der Waals surface area contributed by atoms with E-state index in [9.17, 15) is 0 Å². The van der Waals surface area contributed by atoms with Gasteiger partial charge in [0.15, 0.2) is 0 Å². The Labute approximate surface area is 358 Å². The number of furan rings is 2. The van der Waals surface area contributed by atoms with Crippen LogP contribution in [-0.4, -0.2) is 0 Å². The molecule has 12 aromatic rings. The molecule has 2 aromatic heterocycles. The van der Waals surface area contributed by atoms with Gasteiger partial charge in [0.2, 0.25) is 0 Å². The number of benzene rings is 10. The molecule has 0 aliphatic heterocycles. The number of fused-ring (bicyclic) bond motifs is 8. The van der Waals surface area contributed by atoms with Gasteiger partial charge >= 0.3 is 0 Å². The topological polar surface area (TPSA) is 32.8 Å². The summed E-state index contributed by atoms with van der Waals surface area (Å²) in [5.74, 6) is 0. The quantitative estimate of drug-likeness (QED) is 0.153. The molecule has 0 N–H and O–H groups in total. The molecule has 62 heavy (non-hydrogen) atoms. The van der Waals surface area contributed by atoms with E-state index in [0.717, 1.165) is 88.8 Å². The van der Waals surface area contributed by atoms with E-state index in [1.165, 1.54) is 22.3 Å². The molecule has 0 unspecified atom stereocenters. The molecule has 4 nitrogen and oxygen atoms in total. The van der Waals surface area contributed by atoms with E-state index in [2.05, 4.69) is 228 Å². The molecule has 0 bridgehead atoms. The van der Waals surface area contributed by atoms with Crippen LogP contribution in [0.25, 0.3) is 76.9 Å². The lowest BCUT2D eigenvalue weighted by molar-refractivity contribution is 0.668. The van der Waals surface area contributed by atoms with Crippen LogP contribution in [0.5, 0.6) is 0 Å². The molecule has 10 aromatic carbocycles. The molecule has 292 valence electrons. The van der Waals surface area contributed by atoms with E-state index >= 15 is 0 Å². The second kappa shape index (κ2) is 14.7. The number of hydrogen-bond donors (Lipinski definition) is 0. The number of anilines is 6. The fourth-order valence-electron chi connectivity index (χ4n) is 9.11. The minimum absolute atomic E-state index is 0.826. The first kappa shape index (κ1) is 35.6. The van der Waals surface area contributed by atoms with Gasteiger partial charge in [0.05, 0.1) is 5.69 Å². The van der Waals surface area contributed by atoms with Crippen molar-refractivity contribution < 1.29 is 8.83 Å². The largest absolute Gasteiger partial charge is 0.456 e. The molecule has 4 heteroatoms. The molecule has 0 spiro atoms. The maximum Gasteiger partial charge on any atom is 0.138 e. The van der Waals surface area contributed by atoms with Crippen molar-refractivity contribution in [2.24, 2.45) is 0 Å². The molecule has 0 amide bonds. The Morgan fingerprint density at radius 2 is 0.661 bits per heavy atom. The second-order valence-corrected chi connectivity index (χ2v) is 15.7. The van der Waals surface area contributed by atoms with E-state index in [0.29, 0.717) is 0 Å². The lowest BCUT2D eigenvalue weighted by Gasteiger charge is -2.27. The number of nitrogens with zero attached hydrogens (tertiary/aromatic N) is 2. The molecule has 0 radical (unpaired) electrons. The van der Waals surface area contributed by atoms with Gasteiger partial charge < -0.3 is 18.6 Å². The van der Waals surface area contributed by atoms with Gasteiger partial charge in [-0.2, -0.15) is 0 Å². The van der Waals surface area contributed by atoms with Crippen molar-refractivity contribution in [2.75, 3.05) is 9.80 Å². The van der Waals surface area contributed by atoms with Crippen molar-refractivity contribution in [3.8, 4) is 22.3 Å². The van der Waals surface area contributed by atoms with E-state index in [-0.39, 0.29) is 0 Å². The third-order valence-corrected chi connectivity index (χ3v) is 12.0. The zero-order valence-corrected chi connectivity index (χ0v) is 33.7. The van der Waals surface area contributed by atoms with Crippen LogP contribution < -0.4 is 9.80 Å². The molecule has 0 aliphatic rings. The summed E-state index contributed by atoms with van der Waals surface area (Å²) in [4.78, 5) is 4.67. The highest BCUT2D eigenvalue weighted by Gasteiger charge is 2.23. The summed E-state index contributed by atoms with van der Waals surface area (Å²) in [5.41, 5.74) is 14.4. The first-order chi connectivity index (χ1) is 30.7. The van der Waals surface area contributed by atoms with Crippen LogP contribution in [0, 0.1) is 0 Å². The van der Waals surface area contributed by atoms with Gasteiger partial charge in [0.1, 0.15) is 22.3 Å². The van der Waals surface area contributed by atoms with Crippen molar-refractivity contribution in [1.29, 1.82) is 0 Å². The Bertz CT molecular complexity index is 3470. The Balaban J connectivity index is 1.03. The predicted molar refractivity (Wildman–Crippen MR) is 259 cm³/mol. The smallest absolute Gasteiger partial charge is 0.138 e. The monoisotopic (exact) mass is 794 g/mol. The van der Waals surface area contributed by atoms with Crippen LogP contribution in [0.1, 0.15) is 0 Å². The normalized spacial score (nSPS) is 11.5. The molecule has 12 rings (SSSR count). The Kier molecular flexibility index (Phi) is 8.46. The number of rotatable bonds is 8. The summed E-state index contributed by atoms with van der Waals surface area (Å²) in [5, 5.41) is 6.57. The lowest BCUT2D eigenvalue weighted by atomic mass is 10.00. The molecule has 2 heterocycles. The molecular formula is C58H38N2O2. The van der Waals surface area contributed by atoms with Crippen LogP contribution >= 0.6 is 0 Å². The number of para-hydroxylation sites is 2. The van der Waals surface area contributed by atoms with Gasteiger partial charge in [-0.05, 0) is 107 Å². The van der Waals surface area contributed by atoms with Crippen molar-refractivity contribution >= 4 is 88.8 Å². The first-order valence-electron chi connectivity index (χ1n) is 21.0. The minimum atomic E-state index is 0.826. The molecule has 0 saturated heterocycles. The summed E-state index contributed by atoms with van der Waals surface area (Å²) >= 11 is 0. The van der Waals surface area contributed by atoms with Crippen molar-refractivity contribution in [1.82, 2.24) is 0 Å². The maximum absolute atomic E-state index is 6.85. The van der Waals surface area contributed by atoms with Gasteiger partial charge in [-0.25, -0.2) is 0 Å². The van der Waals surface area contributed by atoms with Crippen molar-refractivity contribution in [3.63, 3.8) is 0 Å².